The molecule has 42 heavy (non-hydrogen) atoms. The van der Waals surface area contributed by atoms with Crippen LogP contribution in [0.4, 0.5) is 8.78 Å². The van der Waals surface area contributed by atoms with Crippen LogP contribution in [-0.2, 0) is 24.7 Å². The molecule has 2 aliphatic heterocycles. The van der Waals surface area contributed by atoms with Crippen molar-refractivity contribution >= 4 is 17.4 Å². The predicted molar refractivity (Wildman–Crippen MR) is 149 cm³/mol. The van der Waals surface area contributed by atoms with Gasteiger partial charge in [0.2, 0.25) is 11.8 Å². The minimum Gasteiger partial charge on any atom is -0.477 e. The van der Waals surface area contributed by atoms with Crippen molar-refractivity contribution in [3.63, 3.8) is 0 Å². The van der Waals surface area contributed by atoms with Gasteiger partial charge in [-0.2, -0.15) is 5.26 Å². The first kappa shape index (κ1) is 28.6. The summed E-state index contributed by atoms with van der Waals surface area (Å²) in [4.78, 5) is 26.8. The first-order valence-corrected chi connectivity index (χ1v) is 14.6. The summed E-state index contributed by atoms with van der Waals surface area (Å²) in [5, 5.41) is 25.9. The maximum absolute atomic E-state index is 14.1. The number of benzene rings is 1. The highest BCUT2D eigenvalue weighted by atomic mass is 19.3. The first-order valence-electron chi connectivity index (χ1n) is 14.6. The quantitative estimate of drug-likeness (QED) is 0.462. The van der Waals surface area contributed by atoms with Crippen LogP contribution in [0.3, 0.4) is 0 Å². The van der Waals surface area contributed by atoms with Crippen LogP contribution < -0.4 is 10.6 Å². The van der Waals surface area contributed by atoms with Gasteiger partial charge in [0.15, 0.2) is 5.76 Å². The van der Waals surface area contributed by atoms with Gasteiger partial charge in [-0.1, -0.05) is 36.4 Å². The molecule has 1 atom stereocenters. The number of allylic oxidation sites excluding steroid dienone is 2. The Balaban J connectivity index is 1.17. The number of carbonyl (C=O) groups is 2. The fraction of sp³-hybridized carbons (Fsp3) is 0.531. The summed E-state index contributed by atoms with van der Waals surface area (Å²) in [6.45, 7) is 2.93. The van der Waals surface area contributed by atoms with Gasteiger partial charge < -0.3 is 25.2 Å². The van der Waals surface area contributed by atoms with Gasteiger partial charge in [0.25, 0.3) is 5.91 Å². The number of alkyl halides is 2. The summed E-state index contributed by atoms with van der Waals surface area (Å²) in [5.74, 6) is -4.16. The number of ether oxygens (including phenoxy) is 2. The molecule has 3 fully saturated rings. The lowest BCUT2D eigenvalue weighted by Gasteiger charge is -2.40. The molecule has 2 amide bonds. The van der Waals surface area contributed by atoms with Gasteiger partial charge in [-0.3, -0.25) is 9.59 Å². The summed E-state index contributed by atoms with van der Waals surface area (Å²) in [6.07, 6.45) is 6.50. The van der Waals surface area contributed by atoms with Crippen molar-refractivity contribution < 1.29 is 33.0 Å². The van der Waals surface area contributed by atoms with E-state index in [1.807, 2.05) is 43.3 Å². The summed E-state index contributed by atoms with van der Waals surface area (Å²) >= 11 is 0. The summed E-state index contributed by atoms with van der Waals surface area (Å²) in [7, 11) is 0. The Hall–Kier alpha value is -3.55. The molecule has 1 saturated heterocycles. The highest BCUT2D eigenvalue weighted by Gasteiger charge is 2.54. The topological polar surface area (TPSA) is 121 Å². The molecule has 10 heteroatoms. The van der Waals surface area contributed by atoms with Crippen LogP contribution in [0.25, 0.3) is 5.57 Å². The molecule has 1 aromatic carbocycles. The Morgan fingerprint density at radius 3 is 2.24 bits per heavy atom. The van der Waals surface area contributed by atoms with Crippen LogP contribution in [0.5, 0.6) is 0 Å². The van der Waals surface area contributed by atoms with Crippen molar-refractivity contribution in [2.75, 3.05) is 13.2 Å². The standard InChI is InChI=1S/C32H35F2N3O5/c1-28-19-22(21-2-5-23(6-3-21)31(40)14-16-41-17-15-31)4-7-24(28)18-25(42-28)26(38)36-30(10-12-32(33,34)13-11-30)27(39)37-29(20-35)8-9-29/h2-7,18,40H,8-17,19H2,1H3,(H,36,38)(H,37,39). The number of nitrogens with zero attached hydrogens (tertiary/aromatic N) is 1. The normalized spacial score (nSPS) is 28.0. The lowest BCUT2D eigenvalue weighted by Crippen LogP contribution is -2.63. The van der Waals surface area contributed by atoms with Crippen molar-refractivity contribution in [3.8, 4) is 6.07 Å². The summed E-state index contributed by atoms with van der Waals surface area (Å²) < 4.78 is 39.7. The molecule has 2 saturated carbocycles. The van der Waals surface area contributed by atoms with E-state index in [1.54, 1.807) is 6.08 Å². The minimum atomic E-state index is -2.92. The van der Waals surface area contributed by atoms with Gasteiger partial charge in [-0.15, -0.1) is 0 Å². The van der Waals surface area contributed by atoms with Crippen LogP contribution in [0.2, 0.25) is 0 Å². The van der Waals surface area contributed by atoms with Gasteiger partial charge in [0.05, 0.1) is 11.7 Å². The van der Waals surface area contributed by atoms with Crippen molar-refractivity contribution in [3.05, 3.63) is 65.0 Å². The number of rotatable bonds is 6. The third kappa shape index (κ3) is 5.25. The third-order valence-corrected chi connectivity index (χ3v) is 9.50. The Labute approximate surface area is 243 Å². The molecule has 1 aromatic rings. The van der Waals surface area contributed by atoms with Crippen molar-refractivity contribution in [1.29, 1.82) is 5.26 Å². The third-order valence-electron chi connectivity index (χ3n) is 9.50. The van der Waals surface area contributed by atoms with Crippen molar-refractivity contribution in [1.82, 2.24) is 10.6 Å². The van der Waals surface area contributed by atoms with E-state index in [0.29, 0.717) is 45.3 Å². The minimum absolute atomic E-state index is 0.0152. The molecule has 3 N–H and O–H groups in total. The monoisotopic (exact) mass is 579 g/mol. The molecular formula is C32H35F2N3O5. The van der Waals surface area contributed by atoms with Gasteiger partial charge in [-0.05, 0) is 61.0 Å². The van der Waals surface area contributed by atoms with E-state index in [1.165, 1.54) is 0 Å². The number of halogens is 2. The van der Waals surface area contributed by atoms with Crippen LogP contribution in [-0.4, -0.2) is 52.7 Å². The molecule has 5 aliphatic rings. The number of nitrogens with one attached hydrogen (secondary N) is 2. The van der Waals surface area contributed by atoms with Gasteiger partial charge >= 0.3 is 0 Å². The Bertz CT molecular complexity index is 1420. The molecule has 8 nitrogen and oxygen atoms in total. The highest BCUT2D eigenvalue weighted by molar-refractivity contribution is 5.99. The van der Waals surface area contributed by atoms with Crippen molar-refractivity contribution in [2.24, 2.45) is 0 Å². The van der Waals surface area contributed by atoms with E-state index in [0.717, 1.165) is 22.3 Å². The second kappa shape index (κ2) is 10.0. The number of hydrogen-bond acceptors (Lipinski definition) is 6. The zero-order valence-electron chi connectivity index (χ0n) is 23.6. The van der Waals surface area contributed by atoms with Crippen LogP contribution >= 0.6 is 0 Å². The average Bonchev–Trinajstić information content (AvgIpc) is 3.65. The second-order valence-electron chi connectivity index (χ2n) is 12.6. The van der Waals surface area contributed by atoms with E-state index in [9.17, 15) is 28.7 Å². The number of nitriles is 1. The average molecular weight is 580 g/mol. The van der Waals surface area contributed by atoms with Crippen LogP contribution in [0.1, 0.15) is 75.8 Å². The fourth-order valence-corrected chi connectivity index (χ4v) is 6.36. The highest BCUT2D eigenvalue weighted by Crippen LogP contribution is 2.45. The Morgan fingerprint density at radius 2 is 1.62 bits per heavy atom. The molecule has 0 aromatic heterocycles. The lowest BCUT2D eigenvalue weighted by atomic mass is 9.78. The fourth-order valence-electron chi connectivity index (χ4n) is 6.36. The number of amides is 2. The van der Waals surface area contributed by atoms with Crippen LogP contribution in [0, 0.1) is 11.3 Å². The van der Waals surface area contributed by atoms with Crippen molar-refractivity contribution in [2.45, 2.75) is 92.9 Å². The molecule has 0 spiro atoms. The molecular weight excluding hydrogens is 544 g/mol. The zero-order valence-corrected chi connectivity index (χ0v) is 23.6. The molecule has 2 heterocycles. The molecule has 3 aliphatic carbocycles. The SMILES string of the molecule is CC12CC(c3ccc(C4(O)CCOCC4)cc3)=CC=C1C=C(C(=O)NC1(C(=O)NC3(C#N)CC3)CCC(F)(F)CC1)O2. The largest absolute Gasteiger partial charge is 0.477 e. The van der Waals surface area contributed by atoms with Gasteiger partial charge in [0.1, 0.15) is 16.7 Å². The van der Waals surface area contributed by atoms with Crippen LogP contribution in [0.15, 0.2) is 53.8 Å². The molecule has 1 unspecified atom stereocenters. The number of hydrogen-bond donors (Lipinski definition) is 3. The zero-order chi connectivity index (χ0) is 29.8. The predicted octanol–water partition coefficient (Wildman–Crippen LogP) is 4.31. The number of fused-ring (bicyclic) bond motifs is 1. The summed E-state index contributed by atoms with van der Waals surface area (Å²) in [6, 6.07) is 9.90. The number of carbonyl (C=O) groups excluding carboxylic acids is 2. The second-order valence-corrected chi connectivity index (χ2v) is 12.6. The molecule has 222 valence electrons. The van der Waals surface area contributed by atoms with Gasteiger partial charge in [0, 0.05) is 45.3 Å². The van der Waals surface area contributed by atoms with E-state index >= 15 is 0 Å². The first-order chi connectivity index (χ1) is 19.9. The molecule has 0 bridgehead atoms. The van der Waals surface area contributed by atoms with E-state index in [-0.39, 0.29) is 18.6 Å². The van der Waals surface area contributed by atoms with E-state index < -0.39 is 52.9 Å². The molecule has 6 rings (SSSR count). The maximum Gasteiger partial charge on any atom is 0.287 e. The van der Waals surface area contributed by atoms with Gasteiger partial charge in [-0.25, -0.2) is 8.78 Å². The Morgan fingerprint density at radius 1 is 0.952 bits per heavy atom. The van der Waals surface area contributed by atoms with E-state index in [4.69, 9.17) is 9.47 Å². The maximum atomic E-state index is 14.1. The van der Waals surface area contributed by atoms with E-state index in [2.05, 4.69) is 16.7 Å². The molecule has 0 radical (unpaired) electrons. The number of aliphatic hydroxyl groups is 1. The Kier molecular flexibility index (Phi) is 6.82. The lowest BCUT2D eigenvalue weighted by molar-refractivity contribution is -0.140. The summed E-state index contributed by atoms with van der Waals surface area (Å²) in [5.41, 5.74) is -0.662. The smallest absolute Gasteiger partial charge is 0.287 e.